The average Bonchev–Trinajstić information content (AvgIpc) is 2.88. The molecule has 0 saturated heterocycles. The Bertz CT molecular complexity index is 508. The van der Waals surface area contributed by atoms with E-state index in [0.29, 0.717) is 0 Å². The van der Waals surface area contributed by atoms with Crippen LogP contribution in [0.3, 0.4) is 0 Å². The number of aromatic nitrogens is 3. The standard InChI is InChI=1S/C12H17N3S2/c1-9(2)5-3-7-15-11(13-14-12(15)16)10-6-4-8-17-10/h4,6,8-9H,3,5,7H2,1-2H3,(H,14,16). The van der Waals surface area contributed by atoms with Crippen molar-refractivity contribution in [2.75, 3.05) is 0 Å². The summed E-state index contributed by atoms with van der Waals surface area (Å²) in [5.74, 6) is 1.70. The van der Waals surface area contributed by atoms with Crippen LogP contribution in [0.15, 0.2) is 17.5 Å². The Hall–Kier alpha value is -0.940. The van der Waals surface area contributed by atoms with Gasteiger partial charge in [0.15, 0.2) is 10.6 Å². The third-order valence-corrected chi connectivity index (χ3v) is 3.84. The van der Waals surface area contributed by atoms with E-state index >= 15 is 0 Å². The summed E-state index contributed by atoms with van der Waals surface area (Å²) in [6, 6.07) is 4.12. The minimum absolute atomic E-state index is 0.720. The van der Waals surface area contributed by atoms with Gasteiger partial charge in [-0.05, 0) is 42.4 Å². The highest BCUT2D eigenvalue weighted by Crippen LogP contribution is 2.23. The second-order valence-corrected chi connectivity index (χ2v) is 5.85. The lowest BCUT2D eigenvalue weighted by atomic mass is 10.1. The molecule has 2 aromatic rings. The molecule has 0 unspecified atom stereocenters. The van der Waals surface area contributed by atoms with Gasteiger partial charge in [-0.15, -0.1) is 11.3 Å². The van der Waals surface area contributed by atoms with E-state index < -0.39 is 0 Å². The normalized spacial score (nSPS) is 11.2. The van der Waals surface area contributed by atoms with Gasteiger partial charge in [-0.1, -0.05) is 19.9 Å². The zero-order valence-electron chi connectivity index (χ0n) is 10.1. The summed E-state index contributed by atoms with van der Waals surface area (Å²) >= 11 is 6.97. The van der Waals surface area contributed by atoms with E-state index in [0.717, 1.165) is 29.5 Å². The minimum Gasteiger partial charge on any atom is -0.299 e. The largest absolute Gasteiger partial charge is 0.299 e. The van der Waals surface area contributed by atoms with Gasteiger partial charge in [-0.2, -0.15) is 5.10 Å². The first-order chi connectivity index (χ1) is 8.18. The summed E-state index contributed by atoms with van der Waals surface area (Å²) in [6.45, 7) is 5.43. The SMILES string of the molecule is CC(C)CCCn1c(-c2cccs2)n[nH]c1=S. The first kappa shape index (κ1) is 12.5. The Labute approximate surface area is 111 Å². The summed E-state index contributed by atoms with van der Waals surface area (Å²) in [5.41, 5.74) is 0. The quantitative estimate of drug-likeness (QED) is 0.827. The van der Waals surface area contributed by atoms with E-state index in [1.165, 1.54) is 11.3 Å². The molecule has 0 aliphatic carbocycles. The van der Waals surface area contributed by atoms with E-state index in [2.05, 4.69) is 40.1 Å². The number of nitrogens with zero attached hydrogens (tertiary/aromatic N) is 2. The maximum atomic E-state index is 5.28. The fourth-order valence-electron chi connectivity index (χ4n) is 1.78. The highest BCUT2D eigenvalue weighted by atomic mass is 32.1. The first-order valence-electron chi connectivity index (χ1n) is 5.87. The van der Waals surface area contributed by atoms with Crippen molar-refractivity contribution in [3.63, 3.8) is 0 Å². The van der Waals surface area contributed by atoms with Crippen molar-refractivity contribution in [3.8, 4) is 10.7 Å². The van der Waals surface area contributed by atoms with Gasteiger partial charge in [0.1, 0.15) is 0 Å². The smallest absolute Gasteiger partial charge is 0.195 e. The fourth-order valence-corrected chi connectivity index (χ4v) is 2.72. The molecule has 0 saturated carbocycles. The van der Waals surface area contributed by atoms with Crippen molar-refractivity contribution < 1.29 is 0 Å². The molecule has 3 nitrogen and oxygen atoms in total. The lowest BCUT2D eigenvalue weighted by Gasteiger charge is -2.07. The number of hydrogen-bond donors (Lipinski definition) is 1. The third-order valence-electron chi connectivity index (χ3n) is 2.66. The second kappa shape index (κ2) is 5.60. The van der Waals surface area contributed by atoms with Crippen LogP contribution in [-0.2, 0) is 6.54 Å². The van der Waals surface area contributed by atoms with Crippen molar-refractivity contribution >= 4 is 23.6 Å². The second-order valence-electron chi connectivity index (χ2n) is 4.52. The number of aromatic amines is 1. The predicted octanol–water partition coefficient (Wildman–Crippen LogP) is 4.11. The Balaban J connectivity index is 2.16. The number of rotatable bonds is 5. The summed E-state index contributed by atoms with van der Waals surface area (Å²) in [5, 5.41) is 9.26. The molecule has 0 radical (unpaired) electrons. The molecule has 0 aliphatic rings. The molecule has 5 heteroatoms. The zero-order chi connectivity index (χ0) is 12.3. The summed E-state index contributed by atoms with van der Waals surface area (Å²) in [6.07, 6.45) is 2.36. The third kappa shape index (κ3) is 3.04. The molecule has 1 N–H and O–H groups in total. The number of H-pyrrole nitrogens is 1. The van der Waals surface area contributed by atoms with Crippen molar-refractivity contribution in [1.29, 1.82) is 0 Å². The van der Waals surface area contributed by atoms with E-state index in [9.17, 15) is 0 Å². The predicted molar refractivity (Wildman–Crippen MR) is 74.8 cm³/mol. The van der Waals surface area contributed by atoms with Crippen LogP contribution in [0.25, 0.3) is 10.7 Å². The molecule has 0 amide bonds. The monoisotopic (exact) mass is 267 g/mol. The van der Waals surface area contributed by atoms with Crippen LogP contribution in [0.4, 0.5) is 0 Å². The molecule has 0 aliphatic heterocycles. The molecule has 0 fully saturated rings. The Morgan fingerprint density at radius 2 is 2.35 bits per heavy atom. The Morgan fingerprint density at radius 3 is 3.00 bits per heavy atom. The fraction of sp³-hybridized carbons (Fsp3) is 0.500. The number of hydrogen-bond acceptors (Lipinski definition) is 3. The van der Waals surface area contributed by atoms with E-state index in [4.69, 9.17) is 12.2 Å². The van der Waals surface area contributed by atoms with Crippen LogP contribution in [0.1, 0.15) is 26.7 Å². The lowest BCUT2D eigenvalue weighted by molar-refractivity contribution is 0.511. The van der Waals surface area contributed by atoms with Crippen molar-refractivity contribution in [2.24, 2.45) is 5.92 Å². The topological polar surface area (TPSA) is 33.6 Å². The van der Waals surface area contributed by atoms with E-state index in [1.54, 1.807) is 11.3 Å². The van der Waals surface area contributed by atoms with Crippen molar-refractivity contribution in [3.05, 3.63) is 22.3 Å². The van der Waals surface area contributed by atoms with Gasteiger partial charge in [-0.25, -0.2) is 0 Å². The van der Waals surface area contributed by atoms with Gasteiger partial charge in [0, 0.05) is 6.54 Å². The molecule has 0 aromatic carbocycles. The molecular formula is C12H17N3S2. The Morgan fingerprint density at radius 1 is 1.53 bits per heavy atom. The molecule has 0 bridgehead atoms. The van der Waals surface area contributed by atoms with E-state index in [-0.39, 0.29) is 0 Å². The molecule has 2 aromatic heterocycles. The molecule has 2 heterocycles. The van der Waals surface area contributed by atoms with Crippen molar-refractivity contribution in [1.82, 2.24) is 14.8 Å². The molecule has 2 rings (SSSR count). The van der Waals surface area contributed by atoms with Crippen LogP contribution in [0, 0.1) is 10.7 Å². The maximum absolute atomic E-state index is 5.28. The number of nitrogens with one attached hydrogen (secondary N) is 1. The zero-order valence-corrected chi connectivity index (χ0v) is 11.8. The van der Waals surface area contributed by atoms with E-state index in [1.807, 2.05) is 6.07 Å². The highest BCUT2D eigenvalue weighted by molar-refractivity contribution is 7.71. The lowest BCUT2D eigenvalue weighted by Crippen LogP contribution is -2.01. The van der Waals surface area contributed by atoms with Gasteiger partial charge in [0.25, 0.3) is 0 Å². The van der Waals surface area contributed by atoms with Crippen LogP contribution in [0.2, 0.25) is 0 Å². The van der Waals surface area contributed by atoms with Crippen molar-refractivity contribution in [2.45, 2.75) is 33.2 Å². The molecule has 0 spiro atoms. The van der Waals surface area contributed by atoms with Crippen LogP contribution in [0.5, 0.6) is 0 Å². The van der Waals surface area contributed by atoms with Crippen LogP contribution in [-0.4, -0.2) is 14.8 Å². The van der Waals surface area contributed by atoms with Crippen LogP contribution >= 0.6 is 23.6 Å². The molecule has 92 valence electrons. The summed E-state index contributed by atoms with van der Waals surface area (Å²) < 4.78 is 2.82. The Kier molecular flexibility index (Phi) is 4.12. The molecule has 17 heavy (non-hydrogen) atoms. The first-order valence-corrected chi connectivity index (χ1v) is 7.16. The molecule has 0 atom stereocenters. The summed E-state index contributed by atoms with van der Waals surface area (Å²) in [7, 11) is 0. The van der Waals surface area contributed by atoms with Gasteiger partial charge in [0.05, 0.1) is 4.88 Å². The summed E-state index contributed by atoms with van der Waals surface area (Å²) in [4.78, 5) is 1.17. The van der Waals surface area contributed by atoms with Gasteiger partial charge in [-0.3, -0.25) is 9.67 Å². The van der Waals surface area contributed by atoms with Gasteiger partial charge in [0.2, 0.25) is 0 Å². The molecular weight excluding hydrogens is 250 g/mol. The van der Waals surface area contributed by atoms with Crippen LogP contribution < -0.4 is 0 Å². The van der Waals surface area contributed by atoms with Gasteiger partial charge < -0.3 is 0 Å². The maximum Gasteiger partial charge on any atom is 0.195 e. The minimum atomic E-state index is 0.720. The van der Waals surface area contributed by atoms with Gasteiger partial charge >= 0.3 is 0 Å². The number of thiophene rings is 1. The average molecular weight is 267 g/mol. The highest BCUT2D eigenvalue weighted by Gasteiger charge is 2.09.